The molecule has 0 aliphatic carbocycles. The van der Waals surface area contributed by atoms with Crippen molar-refractivity contribution < 1.29 is 0 Å². The lowest BCUT2D eigenvalue weighted by Gasteiger charge is -2.14. The van der Waals surface area contributed by atoms with Crippen LogP contribution in [0.25, 0.3) is 0 Å². The van der Waals surface area contributed by atoms with Crippen LogP contribution in [0.15, 0.2) is 40.8 Å². The van der Waals surface area contributed by atoms with Crippen molar-refractivity contribution in [3.05, 3.63) is 41.5 Å². The summed E-state index contributed by atoms with van der Waals surface area (Å²) in [7, 11) is 0. The number of hydrogen-bond donors (Lipinski definition) is 1. The Balaban J connectivity index is 1.93. The molecule has 15 heavy (non-hydrogen) atoms. The molecule has 2 rings (SSSR count). The van der Waals surface area contributed by atoms with Crippen molar-refractivity contribution in [1.29, 1.82) is 0 Å². The van der Waals surface area contributed by atoms with E-state index in [-0.39, 0.29) is 0 Å². The molecule has 1 aromatic rings. The SMILES string of the molecule is Cc1ccccc1SCC1=CCNCC1. The van der Waals surface area contributed by atoms with Crippen LogP contribution >= 0.6 is 11.8 Å². The molecule has 0 atom stereocenters. The van der Waals surface area contributed by atoms with Crippen LogP contribution in [0, 0.1) is 6.92 Å². The van der Waals surface area contributed by atoms with Gasteiger partial charge in [0, 0.05) is 17.2 Å². The van der Waals surface area contributed by atoms with E-state index in [2.05, 4.69) is 42.6 Å². The third-order valence-electron chi connectivity index (χ3n) is 2.66. The van der Waals surface area contributed by atoms with E-state index >= 15 is 0 Å². The highest BCUT2D eigenvalue weighted by atomic mass is 32.2. The maximum Gasteiger partial charge on any atom is 0.0191 e. The van der Waals surface area contributed by atoms with Gasteiger partial charge in [-0.2, -0.15) is 0 Å². The Morgan fingerprint density at radius 1 is 1.33 bits per heavy atom. The van der Waals surface area contributed by atoms with Crippen LogP contribution in [0.2, 0.25) is 0 Å². The number of thioether (sulfide) groups is 1. The highest BCUT2D eigenvalue weighted by molar-refractivity contribution is 7.99. The zero-order valence-corrected chi connectivity index (χ0v) is 9.94. The van der Waals surface area contributed by atoms with E-state index in [1.165, 1.54) is 16.9 Å². The molecule has 1 aliphatic heterocycles. The molecule has 0 radical (unpaired) electrons. The molecule has 1 aromatic carbocycles. The topological polar surface area (TPSA) is 12.0 Å². The first-order chi connectivity index (χ1) is 7.36. The van der Waals surface area contributed by atoms with Crippen molar-refractivity contribution in [1.82, 2.24) is 5.32 Å². The number of benzene rings is 1. The molecule has 0 saturated heterocycles. The molecule has 0 fully saturated rings. The Hall–Kier alpha value is -0.730. The second-order valence-corrected chi connectivity index (χ2v) is 4.89. The minimum absolute atomic E-state index is 1.05. The molecule has 0 spiro atoms. The summed E-state index contributed by atoms with van der Waals surface area (Å²) in [6, 6.07) is 8.61. The van der Waals surface area contributed by atoms with Crippen LogP contribution < -0.4 is 5.32 Å². The quantitative estimate of drug-likeness (QED) is 0.619. The van der Waals surface area contributed by atoms with Crippen molar-refractivity contribution in [3.8, 4) is 0 Å². The summed E-state index contributed by atoms with van der Waals surface area (Å²) in [6.07, 6.45) is 3.54. The van der Waals surface area contributed by atoms with Gasteiger partial charge in [-0.1, -0.05) is 29.8 Å². The number of rotatable bonds is 3. The minimum Gasteiger partial charge on any atom is -0.313 e. The summed E-state index contributed by atoms with van der Waals surface area (Å²) >= 11 is 1.96. The van der Waals surface area contributed by atoms with Crippen molar-refractivity contribution >= 4 is 11.8 Å². The summed E-state index contributed by atoms with van der Waals surface area (Å²) in [6.45, 7) is 4.36. The fourth-order valence-electron chi connectivity index (χ4n) is 1.69. The van der Waals surface area contributed by atoms with Crippen molar-refractivity contribution in [2.75, 3.05) is 18.8 Å². The van der Waals surface area contributed by atoms with E-state index in [4.69, 9.17) is 0 Å². The zero-order chi connectivity index (χ0) is 10.5. The monoisotopic (exact) mass is 219 g/mol. The number of hydrogen-bond acceptors (Lipinski definition) is 2. The highest BCUT2D eigenvalue weighted by Gasteiger charge is 2.04. The average Bonchev–Trinajstić information content (AvgIpc) is 2.29. The summed E-state index contributed by atoms with van der Waals surface area (Å²) in [4.78, 5) is 1.41. The smallest absolute Gasteiger partial charge is 0.0191 e. The Morgan fingerprint density at radius 2 is 2.20 bits per heavy atom. The largest absolute Gasteiger partial charge is 0.313 e. The molecule has 0 aromatic heterocycles. The third-order valence-corrected chi connectivity index (χ3v) is 3.95. The molecular formula is C13H17NS. The number of aryl methyl sites for hydroxylation is 1. The molecule has 0 saturated carbocycles. The molecule has 1 N–H and O–H groups in total. The second kappa shape index (κ2) is 5.38. The normalized spacial score (nSPS) is 16.2. The van der Waals surface area contributed by atoms with Gasteiger partial charge in [0.2, 0.25) is 0 Å². The van der Waals surface area contributed by atoms with E-state index < -0.39 is 0 Å². The van der Waals surface area contributed by atoms with Crippen molar-refractivity contribution in [2.24, 2.45) is 0 Å². The highest BCUT2D eigenvalue weighted by Crippen LogP contribution is 2.25. The van der Waals surface area contributed by atoms with Gasteiger partial charge < -0.3 is 5.32 Å². The van der Waals surface area contributed by atoms with Crippen LogP contribution in [0.3, 0.4) is 0 Å². The van der Waals surface area contributed by atoms with E-state index in [0.717, 1.165) is 18.8 Å². The lowest BCUT2D eigenvalue weighted by Crippen LogP contribution is -2.21. The van der Waals surface area contributed by atoms with E-state index in [1.54, 1.807) is 5.57 Å². The molecule has 80 valence electrons. The van der Waals surface area contributed by atoms with Gasteiger partial charge in [0.25, 0.3) is 0 Å². The van der Waals surface area contributed by atoms with Crippen LogP contribution in [-0.4, -0.2) is 18.8 Å². The summed E-state index contributed by atoms with van der Waals surface area (Å²) < 4.78 is 0. The van der Waals surface area contributed by atoms with Gasteiger partial charge in [-0.25, -0.2) is 0 Å². The first kappa shape index (κ1) is 10.8. The summed E-state index contributed by atoms with van der Waals surface area (Å²) in [5, 5.41) is 3.34. The van der Waals surface area contributed by atoms with E-state index in [9.17, 15) is 0 Å². The molecule has 1 nitrogen and oxygen atoms in total. The second-order valence-electron chi connectivity index (χ2n) is 3.87. The van der Waals surface area contributed by atoms with Crippen LogP contribution in [-0.2, 0) is 0 Å². The molecule has 2 heteroatoms. The van der Waals surface area contributed by atoms with E-state index in [0.29, 0.717) is 0 Å². The van der Waals surface area contributed by atoms with Crippen molar-refractivity contribution in [2.45, 2.75) is 18.2 Å². The standard InChI is InChI=1S/C13H17NS/c1-11-4-2-3-5-13(11)15-10-12-6-8-14-9-7-12/h2-6,14H,7-10H2,1H3. The van der Waals surface area contributed by atoms with Gasteiger partial charge in [-0.3, -0.25) is 0 Å². The van der Waals surface area contributed by atoms with Gasteiger partial charge in [-0.15, -0.1) is 11.8 Å². The van der Waals surface area contributed by atoms with Crippen LogP contribution in [0.4, 0.5) is 0 Å². The Morgan fingerprint density at radius 3 is 2.93 bits per heavy atom. The maximum absolute atomic E-state index is 3.34. The predicted molar refractivity (Wildman–Crippen MR) is 67.5 cm³/mol. The first-order valence-corrected chi connectivity index (χ1v) is 6.42. The molecular weight excluding hydrogens is 202 g/mol. The molecule has 0 bridgehead atoms. The number of nitrogens with one attached hydrogen (secondary N) is 1. The van der Waals surface area contributed by atoms with Crippen molar-refractivity contribution in [3.63, 3.8) is 0 Å². The van der Waals surface area contributed by atoms with Gasteiger partial charge in [0.15, 0.2) is 0 Å². The van der Waals surface area contributed by atoms with Gasteiger partial charge >= 0.3 is 0 Å². The fraction of sp³-hybridized carbons (Fsp3) is 0.385. The lowest BCUT2D eigenvalue weighted by molar-refractivity contribution is 0.705. The molecule has 0 unspecified atom stereocenters. The fourth-order valence-corrected chi connectivity index (χ4v) is 2.76. The molecule has 1 aliphatic rings. The minimum atomic E-state index is 1.05. The lowest BCUT2D eigenvalue weighted by atomic mass is 10.1. The molecule has 1 heterocycles. The summed E-state index contributed by atoms with van der Waals surface area (Å²) in [5.74, 6) is 1.15. The van der Waals surface area contributed by atoms with E-state index in [1.807, 2.05) is 11.8 Å². The Bertz CT molecular complexity index is 357. The predicted octanol–water partition coefficient (Wildman–Crippen LogP) is 3.01. The Labute approximate surface area is 96.0 Å². The van der Waals surface area contributed by atoms with Crippen LogP contribution in [0.1, 0.15) is 12.0 Å². The van der Waals surface area contributed by atoms with Gasteiger partial charge in [-0.05, 0) is 31.5 Å². The molecule has 0 amide bonds. The average molecular weight is 219 g/mol. The van der Waals surface area contributed by atoms with Crippen LogP contribution in [0.5, 0.6) is 0 Å². The Kier molecular flexibility index (Phi) is 3.87. The van der Waals surface area contributed by atoms with Gasteiger partial charge in [0.05, 0.1) is 0 Å². The third kappa shape index (κ3) is 3.11. The maximum atomic E-state index is 3.34. The zero-order valence-electron chi connectivity index (χ0n) is 9.12. The first-order valence-electron chi connectivity index (χ1n) is 5.43. The summed E-state index contributed by atoms with van der Waals surface area (Å²) in [5.41, 5.74) is 2.97. The van der Waals surface area contributed by atoms with Gasteiger partial charge in [0.1, 0.15) is 0 Å².